The quantitative estimate of drug-likeness (QED) is 0.417. The summed E-state index contributed by atoms with van der Waals surface area (Å²) in [5.74, 6) is -1.79. The molecular formula is C13H6Br2ClF3. The fourth-order valence-corrected chi connectivity index (χ4v) is 2.65. The van der Waals surface area contributed by atoms with Gasteiger partial charge in [0, 0.05) is 5.56 Å². The van der Waals surface area contributed by atoms with Crippen LogP contribution in [0.3, 0.4) is 0 Å². The number of alkyl halides is 1. The zero-order valence-electron chi connectivity index (χ0n) is 9.23. The van der Waals surface area contributed by atoms with Gasteiger partial charge in [0.15, 0.2) is 0 Å². The summed E-state index contributed by atoms with van der Waals surface area (Å²) in [6, 6.07) is 6.19. The Bertz CT molecular complexity index is 632. The lowest BCUT2D eigenvalue weighted by Crippen LogP contribution is -1.99. The van der Waals surface area contributed by atoms with Gasteiger partial charge in [0.1, 0.15) is 17.5 Å². The van der Waals surface area contributed by atoms with E-state index in [-0.39, 0.29) is 15.1 Å². The Labute approximate surface area is 129 Å². The van der Waals surface area contributed by atoms with Crippen LogP contribution in [0, 0.1) is 17.5 Å². The van der Waals surface area contributed by atoms with Gasteiger partial charge in [-0.05, 0) is 45.8 Å². The van der Waals surface area contributed by atoms with Crippen molar-refractivity contribution in [2.75, 3.05) is 0 Å². The first-order valence-electron chi connectivity index (χ1n) is 5.13. The molecule has 0 amide bonds. The van der Waals surface area contributed by atoms with Crippen LogP contribution < -0.4 is 0 Å². The normalized spacial score (nSPS) is 12.5. The molecule has 0 radical (unpaired) electrons. The second-order valence-corrected chi connectivity index (χ2v) is 6.00. The Kier molecular flexibility index (Phi) is 4.58. The molecule has 2 rings (SSSR count). The molecule has 0 saturated heterocycles. The van der Waals surface area contributed by atoms with E-state index in [2.05, 4.69) is 31.9 Å². The zero-order chi connectivity index (χ0) is 14.2. The minimum Gasteiger partial charge on any atom is -0.207 e. The number of rotatable bonds is 2. The van der Waals surface area contributed by atoms with E-state index < -0.39 is 22.3 Å². The van der Waals surface area contributed by atoms with E-state index in [1.54, 1.807) is 6.07 Å². The molecule has 6 heteroatoms. The lowest BCUT2D eigenvalue weighted by Gasteiger charge is -2.13. The molecule has 100 valence electrons. The molecule has 0 aromatic heterocycles. The van der Waals surface area contributed by atoms with Gasteiger partial charge in [-0.2, -0.15) is 0 Å². The lowest BCUT2D eigenvalue weighted by atomic mass is 10.0. The Hall–Kier alpha value is -0.520. The molecule has 0 bridgehead atoms. The summed E-state index contributed by atoms with van der Waals surface area (Å²) in [5, 5.41) is -0.0223. The molecule has 0 saturated carbocycles. The molecule has 0 aliphatic carbocycles. The summed E-state index contributed by atoms with van der Waals surface area (Å²) in [4.78, 5) is -0.665. The number of hydrogen-bond acceptors (Lipinski definition) is 0. The van der Waals surface area contributed by atoms with Gasteiger partial charge < -0.3 is 0 Å². The first-order chi connectivity index (χ1) is 8.90. The van der Waals surface area contributed by atoms with Gasteiger partial charge in [-0.15, -0.1) is 0 Å². The standard InChI is InChI=1S/C13H6Br2ClF3/c14-8-5-10(17)7(4-11(8)18)13(15)6-1-2-9(16)12(19)3-6/h1-5,13H. The van der Waals surface area contributed by atoms with Crippen molar-refractivity contribution in [2.45, 2.75) is 4.83 Å². The average molecular weight is 414 g/mol. The van der Waals surface area contributed by atoms with Crippen LogP contribution in [0.2, 0.25) is 5.02 Å². The first kappa shape index (κ1) is 14.9. The third-order valence-electron chi connectivity index (χ3n) is 2.55. The van der Waals surface area contributed by atoms with Crippen LogP contribution in [0.25, 0.3) is 0 Å². The molecule has 0 nitrogen and oxygen atoms in total. The molecule has 0 N–H and O–H groups in total. The SMILES string of the molecule is Fc1cc(C(Br)c2cc(F)c(Br)cc2F)ccc1Cl. The minimum atomic E-state index is -0.665. The van der Waals surface area contributed by atoms with E-state index >= 15 is 0 Å². The molecular weight excluding hydrogens is 408 g/mol. The second kappa shape index (κ2) is 5.85. The Morgan fingerprint density at radius 1 is 0.947 bits per heavy atom. The molecule has 0 aliphatic heterocycles. The van der Waals surface area contributed by atoms with Gasteiger partial charge in [0.2, 0.25) is 0 Å². The summed E-state index contributed by atoms with van der Waals surface area (Å²) < 4.78 is 40.7. The van der Waals surface area contributed by atoms with Crippen LogP contribution >= 0.6 is 43.5 Å². The monoisotopic (exact) mass is 412 g/mol. The highest BCUT2D eigenvalue weighted by molar-refractivity contribution is 9.10. The largest absolute Gasteiger partial charge is 0.207 e. The predicted molar refractivity (Wildman–Crippen MR) is 76.2 cm³/mol. The van der Waals surface area contributed by atoms with Crippen LogP contribution in [-0.4, -0.2) is 0 Å². The van der Waals surface area contributed by atoms with Crippen molar-refractivity contribution in [1.29, 1.82) is 0 Å². The molecule has 0 heterocycles. The van der Waals surface area contributed by atoms with Crippen molar-refractivity contribution in [3.8, 4) is 0 Å². The van der Waals surface area contributed by atoms with Gasteiger partial charge in [-0.25, -0.2) is 13.2 Å². The molecule has 1 unspecified atom stereocenters. The number of halogens is 6. The molecule has 0 aliphatic rings. The van der Waals surface area contributed by atoms with E-state index in [0.29, 0.717) is 5.56 Å². The van der Waals surface area contributed by atoms with E-state index in [0.717, 1.165) is 12.1 Å². The Morgan fingerprint density at radius 3 is 2.26 bits per heavy atom. The van der Waals surface area contributed by atoms with Crippen LogP contribution in [0.1, 0.15) is 16.0 Å². The summed E-state index contributed by atoms with van der Waals surface area (Å²) >= 11 is 11.7. The van der Waals surface area contributed by atoms with Crippen LogP contribution in [0.4, 0.5) is 13.2 Å². The minimum absolute atomic E-state index is 0.0223. The fourth-order valence-electron chi connectivity index (χ4n) is 1.58. The average Bonchev–Trinajstić information content (AvgIpc) is 2.36. The smallest absolute Gasteiger partial charge is 0.142 e. The molecule has 0 spiro atoms. The van der Waals surface area contributed by atoms with Crippen molar-refractivity contribution in [2.24, 2.45) is 0 Å². The Balaban J connectivity index is 2.46. The third-order valence-corrected chi connectivity index (χ3v) is 4.49. The van der Waals surface area contributed by atoms with Gasteiger partial charge in [0.05, 0.1) is 14.3 Å². The van der Waals surface area contributed by atoms with Crippen LogP contribution in [0.5, 0.6) is 0 Å². The summed E-state index contributed by atoms with van der Waals surface area (Å²) in [5.41, 5.74) is 0.532. The second-order valence-electron chi connectivity index (χ2n) is 3.82. The van der Waals surface area contributed by atoms with E-state index in [1.807, 2.05) is 0 Å². The van der Waals surface area contributed by atoms with Crippen molar-refractivity contribution in [1.82, 2.24) is 0 Å². The maximum absolute atomic E-state index is 13.8. The van der Waals surface area contributed by atoms with Gasteiger partial charge in [-0.1, -0.05) is 33.6 Å². The fraction of sp³-hybridized carbons (Fsp3) is 0.0769. The highest BCUT2D eigenvalue weighted by atomic mass is 79.9. The Morgan fingerprint density at radius 2 is 1.63 bits per heavy atom. The van der Waals surface area contributed by atoms with Crippen molar-refractivity contribution in [3.05, 3.63) is 68.4 Å². The maximum atomic E-state index is 13.8. The highest BCUT2D eigenvalue weighted by Crippen LogP contribution is 2.35. The topological polar surface area (TPSA) is 0 Å². The predicted octanol–water partition coefficient (Wildman–Crippen LogP) is 6.00. The molecule has 0 fully saturated rings. The summed E-state index contributed by atoms with van der Waals surface area (Å²) in [6.07, 6.45) is 0. The summed E-state index contributed by atoms with van der Waals surface area (Å²) in [7, 11) is 0. The van der Waals surface area contributed by atoms with Crippen molar-refractivity contribution < 1.29 is 13.2 Å². The van der Waals surface area contributed by atoms with Crippen molar-refractivity contribution >= 4 is 43.5 Å². The maximum Gasteiger partial charge on any atom is 0.142 e. The number of benzene rings is 2. The highest BCUT2D eigenvalue weighted by Gasteiger charge is 2.18. The zero-order valence-corrected chi connectivity index (χ0v) is 13.2. The number of hydrogen-bond donors (Lipinski definition) is 0. The molecule has 1 atom stereocenters. The third kappa shape index (κ3) is 3.15. The van der Waals surface area contributed by atoms with Gasteiger partial charge >= 0.3 is 0 Å². The molecule has 19 heavy (non-hydrogen) atoms. The van der Waals surface area contributed by atoms with E-state index in [9.17, 15) is 13.2 Å². The van der Waals surface area contributed by atoms with Gasteiger partial charge in [-0.3, -0.25) is 0 Å². The van der Waals surface area contributed by atoms with E-state index in [4.69, 9.17) is 11.6 Å². The lowest BCUT2D eigenvalue weighted by molar-refractivity contribution is 0.582. The molecule has 2 aromatic rings. The summed E-state index contributed by atoms with van der Waals surface area (Å²) in [6.45, 7) is 0. The van der Waals surface area contributed by atoms with Crippen LogP contribution in [0.15, 0.2) is 34.8 Å². The molecule has 2 aromatic carbocycles. The van der Waals surface area contributed by atoms with Gasteiger partial charge in [0.25, 0.3) is 0 Å². The van der Waals surface area contributed by atoms with Crippen LogP contribution in [-0.2, 0) is 0 Å². The van der Waals surface area contributed by atoms with E-state index in [1.165, 1.54) is 12.1 Å². The first-order valence-corrected chi connectivity index (χ1v) is 7.22. The van der Waals surface area contributed by atoms with Crippen molar-refractivity contribution in [3.63, 3.8) is 0 Å².